The van der Waals surface area contributed by atoms with Crippen molar-refractivity contribution in [1.82, 2.24) is 15.1 Å². The molecule has 0 amide bonds. The molecule has 3 N–H and O–H groups in total. The summed E-state index contributed by atoms with van der Waals surface area (Å²) >= 11 is 0. The van der Waals surface area contributed by atoms with E-state index in [2.05, 4.69) is 24.9 Å². The minimum atomic E-state index is -5.08. The zero-order valence-corrected chi connectivity index (χ0v) is 20.2. The van der Waals surface area contributed by atoms with Crippen molar-refractivity contribution in [3.63, 3.8) is 0 Å². The van der Waals surface area contributed by atoms with Gasteiger partial charge in [0.1, 0.15) is 11.4 Å². The molecule has 0 saturated heterocycles. The molecule has 2 aromatic heterocycles. The number of benzene rings is 1. The van der Waals surface area contributed by atoms with Crippen LogP contribution in [0.3, 0.4) is 0 Å². The van der Waals surface area contributed by atoms with Crippen LogP contribution in [0.1, 0.15) is 18.9 Å². The van der Waals surface area contributed by atoms with Gasteiger partial charge in [-0.3, -0.25) is 0 Å². The first-order valence-corrected chi connectivity index (χ1v) is 10.8. The Morgan fingerprint density at radius 2 is 1.76 bits per heavy atom. The highest BCUT2D eigenvalue weighted by Gasteiger charge is 2.49. The summed E-state index contributed by atoms with van der Waals surface area (Å²) in [6.45, 7) is -1.76. The fourth-order valence-corrected chi connectivity index (χ4v) is 3.43. The van der Waals surface area contributed by atoms with Crippen molar-refractivity contribution >= 4 is 12.0 Å². The van der Waals surface area contributed by atoms with Crippen LogP contribution >= 0.6 is 0 Å². The number of nitrogens with two attached hydrogens (primary N) is 1. The Hall–Kier alpha value is -4.58. The summed E-state index contributed by atoms with van der Waals surface area (Å²) in [4.78, 5) is 19.9. The van der Waals surface area contributed by atoms with Gasteiger partial charge in [-0.1, -0.05) is 5.16 Å². The SMILES string of the molecule is C[C@@]1(c2cc(-c3cc(-c4ncc(OC(F)F)cn4)no3)ccc2F)C[C@@H](C(F)(F)F)N=C(N)O1.O=C(O)C(F)(F)F. The summed E-state index contributed by atoms with van der Waals surface area (Å²) in [7, 11) is 0. The molecule has 41 heavy (non-hydrogen) atoms. The second kappa shape index (κ2) is 11.5. The third kappa shape index (κ3) is 7.76. The molecule has 3 heterocycles. The van der Waals surface area contributed by atoms with Gasteiger partial charge < -0.3 is 24.8 Å². The molecule has 10 nitrogen and oxygen atoms in total. The lowest BCUT2D eigenvalue weighted by molar-refractivity contribution is -0.192. The van der Waals surface area contributed by atoms with Crippen LogP contribution in [-0.4, -0.2) is 57.2 Å². The van der Waals surface area contributed by atoms with E-state index in [-0.39, 0.29) is 34.2 Å². The lowest BCUT2D eigenvalue weighted by Crippen LogP contribution is -2.46. The molecule has 1 aliphatic heterocycles. The van der Waals surface area contributed by atoms with Crippen LogP contribution in [0.15, 0.2) is 46.2 Å². The molecule has 1 aromatic carbocycles. The first-order chi connectivity index (χ1) is 18.9. The molecule has 222 valence electrons. The number of carbonyl (C=O) groups is 1. The van der Waals surface area contributed by atoms with E-state index in [0.717, 1.165) is 18.5 Å². The van der Waals surface area contributed by atoms with Gasteiger partial charge in [0, 0.05) is 23.6 Å². The number of hydrogen-bond donors (Lipinski definition) is 2. The van der Waals surface area contributed by atoms with Crippen molar-refractivity contribution in [2.24, 2.45) is 10.7 Å². The monoisotopic (exact) mass is 601 g/mol. The standard InChI is InChI=1S/C20H15F6N5O3.C2HF3O2/c1-19(6-15(20(24,25)26)30-18(27)33-19)11-4-9(2-3-12(11)21)14-5-13(31-34-14)16-28-7-10(8-29-16)32-17(22)23;3-2(4,5)1(6)7/h2-5,7-8,15,17H,6H2,1H3,(H2,27,30);(H,6,7)/t15-,19-;/m0./s1. The van der Waals surface area contributed by atoms with Gasteiger partial charge in [-0.2, -0.15) is 35.1 Å². The third-order valence-corrected chi connectivity index (χ3v) is 5.23. The number of aromatic nitrogens is 3. The first kappa shape index (κ1) is 31.0. The van der Waals surface area contributed by atoms with Crippen molar-refractivity contribution in [1.29, 1.82) is 0 Å². The quantitative estimate of drug-likeness (QED) is 0.384. The molecular weight excluding hydrogens is 585 g/mol. The van der Waals surface area contributed by atoms with E-state index in [0.29, 0.717) is 0 Å². The highest BCUT2D eigenvalue weighted by Crippen LogP contribution is 2.41. The second-order valence-electron chi connectivity index (χ2n) is 8.26. The van der Waals surface area contributed by atoms with E-state index in [1.807, 2.05) is 0 Å². The Morgan fingerprint density at radius 1 is 1.15 bits per heavy atom. The van der Waals surface area contributed by atoms with Crippen LogP contribution in [0.25, 0.3) is 22.8 Å². The number of amidine groups is 1. The molecule has 0 spiro atoms. The molecule has 3 aromatic rings. The number of alkyl halides is 8. The Morgan fingerprint density at radius 3 is 2.29 bits per heavy atom. The van der Waals surface area contributed by atoms with Gasteiger partial charge in [-0.05, 0) is 25.1 Å². The van der Waals surface area contributed by atoms with Crippen molar-refractivity contribution in [2.75, 3.05) is 0 Å². The number of aliphatic imine (C=N–C) groups is 1. The lowest BCUT2D eigenvalue weighted by Gasteiger charge is -2.37. The number of rotatable bonds is 5. The summed E-state index contributed by atoms with van der Waals surface area (Å²) in [6.07, 6.45) is -8.44. The van der Waals surface area contributed by atoms with Crippen molar-refractivity contribution < 1.29 is 63.4 Å². The van der Waals surface area contributed by atoms with Gasteiger partial charge in [0.15, 0.2) is 29.1 Å². The highest BCUT2D eigenvalue weighted by atomic mass is 19.4. The number of aliphatic carboxylic acids is 1. The van der Waals surface area contributed by atoms with Crippen LogP contribution in [0, 0.1) is 5.82 Å². The Bertz CT molecular complexity index is 1410. The summed E-state index contributed by atoms with van der Waals surface area (Å²) in [5, 5.41) is 10.9. The van der Waals surface area contributed by atoms with Gasteiger partial charge in [0.05, 0.1) is 12.4 Å². The normalized spacial score (nSPS) is 19.1. The molecule has 19 heteroatoms. The second-order valence-corrected chi connectivity index (χ2v) is 8.26. The summed E-state index contributed by atoms with van der Waals surface area (Å²) in [5.41, 5.74) is 3.88. The molecule has 0 unspecified atom stereocenters. The van der Waals surface area contributed by atoms with Crippen LogP contribution < -0.4 is 10.5 Å². The predicted octanol–water partition coefficient (Wildman–Crippen LogP) is 5.05. The molecule has 1 aliphatic rings. The minimum Gasteiger partial charge on any atom is -0.475 e. The summed E-state index contributed by atoms with van der Waals surface area (Å²) in [6, 6.07) is 2.14. The topological polar surface area (TPSA) is 146 Å². The maximum absolute atomic E-state index is 14.7. The molecule has 0 radical (unpaired) electrons. The average molecular weight is 601 g/mol. The largest absolute Gasteiger partial charge is 0.490 e. The molecule has 2 atom stereocenters. The summed E-state index contributed by atoms with van der Waals surface area (Å²) < 4.78 is 125. The van der Waals surface area contributed by atoms with Crippen molar-refractivity contribution in [3.8, 4) is 28.6 Å². The van der Waals surface area contributed by atoms with Crippen LogP contribution in [0.4, 0.5) is 39.5 Å². The van der Waals surface area contributed by atoms with E-state index in [1.54, 1.807) is 0 Å². The number of ether oxygens (including phenoxy) is 2. The van der Waals surface area contributed by atoms with Gasteiger partial charge in [-0.15, -0.1) is 0 Å². The van der Waals surface area contributed by atoms with Gasteiger partial charge in [-0.25, -0.2) is 24.1 Å². The van der Waals surface area contributed by atoms with E-state index in [9.17, 15) is 39.5 Å². The number of halogens is 9. The maximum Gasteiger partial charge on any atom is 0.490 e. The number of carboxylic acids is 1. The Kier molecular flexibility index (Phi) is 8.68. The molecule has 4 rings (SSSR count). The Balaban J connectivity index is 0.000000587. The predicted molar refractivity (Wildman–Crippen MR) is 118 cm³/mol. The molecule has 0 bridgehead atoms. The zero-order valence-electron chi connectivity index (χ0n) is 20.2. The molecule has 0 saturated carbocycles. The lowest BCUT2D eigenvalue weighted by atomic mass is 9.86. The smallest absolute Gasteiger partial charge is 0.475 e. The first-order valence-electron chi connectivity index (χ1n) is 10.8. The Labute approximate surface area is 222 Å². The fourth-order valence-electron chi connectivity index (χ4n) is 3.43. The fraction of sp³-hybridized carbons (Fsp3) is 0.318. The number of hydrogen-bond acceptors (Lipinski definition) is 9. The van der Waals surface area contributed by atoms with E-state index in [4.69, 9.17) is 24.9 Å². The number of nitrogens with zero attached hydrogens (tertiary/aromatic N) is 4. The highest BCUT2D eigenvalue weighted by molar-refractivity contribution is 5.74. The average Bonchev–Trinajstić information content (AvgIpc) is 3.33. The van der Waals surface area contributed by atoms with E-state index < -0.39 is 54.8 Å². The molecular formula is C22H16F9N5O5. The minimum absolute atomic E-state index is 0.0264. The van der Waals surface area contributed by atoms with E-state index >= 15 is 0 Å². The molecule has 0 aliphatic carbocycles. The van der Waals surface area contributed by atoms with Gasteiger partial charge in [0.25, 0.3) is 6.02 Å². The number of carboxylic acid groups (broad SMARTS) is 1. The van der Waals surface area contributed by atoms with Crippen LogP contribution in [0.2, 0.25) is 0 Å². The van der Waals surface area contributed by atoms with Crippen LogP contribution in [-0.2, 0) is 15.1 Å². The van der Waals surface area contributed by atoms with Crippen LogP contribution in [0.5, 0.6) is 5.75 Å². The van der Waals surface area contributed by atoms with Crippen molar-refractivity contribution in [3.05, 3.63) is 48.0 Å². The van der Waals surface area contributed by atoms with Crippen molar-refractivity contribution in [2.45, 2.75) is 44.0 Å². The van der Waals surface area contributed by atoms with Gasteiger partial charge >= 0.3 is 24.9 Å². The van der Waals surface area contributed by atoms with E-state index in [1.165, 1.54) is 25.1 Å². The summed E-state index contributed by atoms with van der Waals surface area (Å²) in [5.74, 6) is -3.70. The molecule has 0 fully saturated rings. The maximum atomic E-state index is 14.7. The zero-order chi connectivity index (χ0) is 30.8. The van der Waals surface area contributed by atoms with Gasteiger partial charge in [0.2, 0.25) is 0 Å². The third-order valence-electron chi connectivity index (χ3n) is 5.23.